The number of carbonyl (C=O) groups is 1. The van der Waals surface area contributed by atoms with Crippen LogP contribution in [0, 0.1) is 28.4 Å². The Hall–Kier alpha value is -4.16. The van der Waals surface area contributed by atoms with Gasteiger partial charge < -0.3 is 14.8 Å². The summed E-state index contributed by atoms with van der Waals surface area (Å²) in [4.78, 5) is 22.7. The van der Waals surface area contributed by atoms with Crippen LogP contribution in [0.25, 0.3) is 11.6 Å². The summed E-state index contributed by atoms with van der Waals surface area (Å²) in [6, 6.07) is 18.6. The van der Waals surface area contributed by atoms with E-state index in [4.69, 9.17) is 9.47 Å². The number of carbonyl (C=O) groups excluding carboxylic acids is 1. The Kier molecular flexibility index (Phi) is 8.01. The van der Waals surface area contributed by atoms with Gasteiger partial charge >= 0.3 is 0 Å². The molecule has 0 heterocycles. The van der Waals surface area contributed by atoms with Crippen molar-refractivity contribution in [2.45, 2.75) is 6.92 Å². The molecule has 0 bridgehead atoms. The molecular weight excluding hydrogens is 502 g/mol. The first kappa shape index (κ1) is 24.5. The molecule has 172 valence electrons. The standard InChI is InChI=1S/C25H20BrN3O5/c1-16-5-3-4-6-22(16)28-24(30)15-34-25-21(26)12-17(13-23(25)33-2)11-19(14-27)18-7-9-20(10-8-18)29(31)32/h3-13H,15H2,1-2H3,(H,28,30)/b19-11+. The van der Waals surface area contributed by atoms with Gasteiger partial charge in [0.1, 0.15) is 0 Å². The van der Waals surface area contributed by atoms with Crippen molar-refractivity contribution in [2.75, 3.05) is 19.0 Å². The highest BCUT2D eigenvalue weighted by atomic mass is 79.9. The largest absolute Gasteiger partial charge is 0.493 e. The van der Waals surface area contributed by atoms with E-state index in [-0.39, 0.29) is 18.2 Å². The van der Waals surface area contributed by atoms with Gasteiger partial charge in [-0.15, -0.1) is 0 Å². The summed E-state index contributed by atoms with van der Waals surface area (Å²) in [7, 11) is 1.47. The highest BCUT2D eigenvalue weighted by Gasteiger charge is 2.15. The Morgan fingerprint density at radius 1 is 1.21 bits per heavy atom. The Balaban J connectivity index is 1.79. The summed E-state index contributed by atoms with van der Waals surface area (Å²) < 4.78 is 11.7. The van der Waals surface area contributed by atoms with Crippen molar-refractivity contribution in [3.05, 3.63) is 91.9 Å². The van der Waals surface area contributed by atoms with Crippen LogP contribution in [0.2, 0.25) is 0 Å². The van der Waals surface area contributed by atoms with Crippen LogP contribution in [0.5, 0.6) is 11.5 Å². The highest BCUT2D eigenvalue weighted by molar-refractivity contribution is 9.10. The lowest BCUT2D eigenvalue weighted by atomic mass is 10.0. The lowest BCUT2D eigenvalue weighted by Gasteiger charge is -2.14. The summed E-state index contributed by atoms with van der Waals surface area (Å²) in [5.41, 5.74) is 3.07. The normalized spacial score (nSPS) is 10.8. The maximum atomic E-state index is 12.3. The molecule has 0 unspecified atom stereocenters. The fourth-order valence-electron chi connectivity index (χ4n) is 3.11. The molecule has 0 aliphatic rings. The summed E-state index contributed by atoms with van der Waals surface area (Å²) >= 11 is 3.44. The number of anilines is 1. The molecule has 0 aliphatic carbocycles. The Morgan fingerprint density at radius 2 is 1.91 bits per heavy atom. The van der Waals surface area contributed by atoms with E-state index >= 15 is 0 Å². The van der Waals surface area contributed by atoms with Crippen LogP contribution in [-0.2, 0) is 4.79 Å². The highest BCUT2D eigenvalue weighted by Crippen LogP contribution is 2.37. The van der Waals surface area contributed by atoms with Gasteiger partial charge in [-0.1, -0.05) is 18.2 Å². The third-order valence-corrected chi connectivity index (χ3v) is 5.43. The number of nitro benzene ring substituents is 1. The van der Waals surface area contributed by atoms with Crippen LogP contribution in [0.15, 0.2) is 65.1 Å². The zero-order valence-electron chi connectivity index (χ0n) is 18.4. The van der Waals surface area contributed by atoms with Crippen molar-refractivity contribution in [2.24, 2.45) is 0 Å². The zero-order chi connectivity index (χ0) is 24.7. The fraction of sp³-hybridized carbons (Fsp3) is 0.120. The molecule has 1 N–H and O–H groups in total. The second kappa shape index (κ2) is 11.1. The first-order valence-corrected chi connectivity index (χ1v) is 10.8. The number of nitrogens with zero attached hydrogens (tertiary/aromatic N) is 2. The average molecular weight is 522 g/mol. The van der Waals surface area contributed by atoms with E-state index < -0.39 is 4.92 Å². The van der Waals surface area contributed by atoms with E-state index in [1.807, 2.05) is 31.2 Å². The lowest BCUT2D eigenvalue weighted by Crippen LogP contribution is -2.21. The third-order valence-electron chi connectivity index (χ3n) is 4.84. The van der Waals surface area contributed by atoms with Crippen LogP contribution in [0.4, 0.5) is 11.4 Å². The van der Waals surface area contributed by atoms with Gasteiger partial charge in [0.05, 0.1) is 28.1 Å². The summed E-state index contributed by atoms with van der Waals surface area (Å²) in [6.45, 7) is 1.67. The number of nitriles is 1. The molecule has 0 saturated carbocycles. The number of nitro groups is 1. The van der Waals surface area contributed by atoms with Crippen LogP contribution in [0.1, 0.15) is 16.7 Å². The molecular formula is C25H20BrN3O5. The van der Waals surface area contributed by atoms with E-state index in [2.05, 4.69) is 27.3 Å². The third kappa shape index (κ3) is 5.99. The van der Waals surface area contributed by atoms with Crippen LogP contribution >= 0.6 is 15.9 Å². The van der Waals surface area contributed by atoms with Crippen molar-refractivity contribution in [1.82, 2.24) is 0 Å². The first-order valence-electron chi connectivity index (χ1n) is 10.0. The number of halogens is 1. The minimum atomic E-state index is -0.498. The zero-order valence-corrected chi connectivity index (χ0v) is 20.0. The number of hydrogen-bond acceptors (Lipinski definition) is 6. The van der Waals surface area contributed by atoms with Crippen molar-refractivity contribution < 1.29 is 19.2 Å². The average Bonchev–Trinajstić information content (AvgIpc) is 2.83. The fourth-order valence-corrected chi connectivity index (χ4v) is 3.68. The molecule has 3 aromatic carbocycles. The summed E-state index contributed by atoms with van der Waals surface area (Å²) in [5, 5.41) is 23.2. The Bertz CT molecular complexity index is 1300. The number of benzene rings is 3. The molecule has 0 aromatic heterocycles. The summed E-state index contributed by atoms with van der Waals surface area (Å²) in [5.74, 6) is 0.385. The van der Waals surface area contributed by atoms with Gasteiger partial charge in [0, 0.05) is 17.8 Å². The molecule has 9 heteroatoms. The lowest BCUT2D eigenvalue weighted by molar-refractivity contribution is -0.384. The molecule has 3 rings (SSSR count). The number of aryl methyl sites for hydroxylation is 1. The molecule has 0 saturated heterocycles. The number of methoxy groups -OCH3 is 1. The molecule has 0 radical (unpaired) electrons. The van der Waals surface area contributed by atoms with E-state index in [0.29, 0.717) is 38.4 Å². The monoisotopic (exact) mass is 521 g/mol. The molecule has 0 atom stereocenters. The van der Waals surface area contributed by atoms with E-state index in [1.165, 1.54) is 31.4 Å². The first-order chi connectivity index (χ1) is 16.3. The minimum Gasteiger partial charge on any atom is -0.493 e. The van der Waals surface area contributed by atoms with Gasteiger partial charge in [0.2, 0.25) is 0 Å². The van der Waals surface area contributed by atoms with E-state index in [9.17, 15) is 20.2 Å². The number of non-ortho nitro benzene ring substituents is 1. The number of para-hydroxylation sites is 1. The topological polar surface area (TPSA) is 114 Å². The number of rotatable bonds is 8. The molecule has 1 amide bonds. The molecule has 34 heavy (non-hydrogen) atoms. The predicted octanol–water partition coefficient (Wildman–Crippen LogP) is 5.76. The van der Waals surface area contributed by atoms with Gasteiger partial charge in [-0.25, -0.2) is 0 Å². The van der Waals surface area contributed by atoms with E-state index in [0.717, 1.165) is 5.56 Å². The molecule has 0 fully saturated rings. The Labute approximate surface area is 204 Å². The number of hydrogen-bond donors (Lipinski definition) is 1. The van der Waals surface area contributed by atoms with Crippen molar-refractivity contribution in [3.8, 4) is 17.6 Å². The van der Waals surface area contributed by atoms with Gasteiger partial charge in [-0.05, 0) is 76.0 Å². The maximum absolute atomic E-state index is 12.3. The predicted molar refractivity (Wildman–Crippen MR) is 133 cm³/mol. The second-order valence-corrected chi connectivity index (χ2v) is 8.01. The SMILES string of the molecule is COc1cc(/C=C(\C#N)c2ccc([N+](=O)[O-])cc2)cc(Br)c1OCC(=O)Nc1ccccc1C. The quantitative estimate of drug-likeness (QED) is 0.174. The van der Waals surface area contributed by atoms with Gasteiger partial charge in [-0.2, -0.15) is 5.26 Å². The second-order valence-electron chi connectivity index (χ2n) is 7.16. The number of nitrogens with one attached hydrogen (secondary N) is 1. The van der Waals surface area contributed by atoms with Crippen molar-refractivity contribution >= 4 is 44.9 Å². The molecule has 0 aliphatic heterocycles. The smallest absolute Gasteiger partial charge is 0.269 e. The molecule has 0 spiro atoms. The minimum absolute atomic E-state index is 0.0570. The Morgan fingerprint density at radius 3 is 2.53 bits per heavy atom. The number of amides is 1. The van der Waals surface area contributed by atoms with Crippen LogP contribution in [-0.4, -0.2) is 24.5 Å². The molecule has 3 aromatic rings. The number of allylic oxidation sites excluding steroid dienone is 1. The van der Waals surface area contributed by atoms with Crippen LogP contribution < -0.4 is 14.8 Å². The van der Waals surface area contributed by atoms with E-state index in [1.54, 1.807) is 18.2 Å². The van der Waals surface area contributed by atoms with Gasteiger partial charge in [0.15, 0.2) is 18.1 Å². The van der Waals surface area contributed by atoms with Gasteiger partial charge in [-0.3, -0.25) is 14.9 Å². The van der Waals surface area contributed by atoms with Crippen molar-refractivity contribution in [1.29, 1.82) is 5.26 Å². The molecule has 8 nitrogen and oxygen atoms in total. The summed E-state index contributed by atoms with van der Waals surface area (Å²) in [6.07, 6.45) is 1.63. The number of ether oxygens (including phenoxy) is 2. The maximum Gasteiger partial charge on any atom is 0.269 e. The van der Waals surface area contributed by atoms with Crippen LogP contribution in [0.3, 0.4) is 0 Å². The van der Waals surface area contributed by atoms with Crippen molar-refractivity contribution in [3.63, 3.8) is 0 Å². The van der Waals surface area contributed by atoms with Gasteiger partial charge in [0.25, 0.3) is 11.6 Å².